The van der Waals surface area contributed by atoms with Crippen LogP contribution in [-0.4, -0.2) is 36.0 Å². The number of piperidine rings is 2. The first-order valence-electron chi connectivity index (χ1n) is 6.86. The van der Waals surface area contributed by atoms with E-state index in [1.807, 2.05) is 0 Å². The average molecular weight is 224 g/mol. The van der Waals surface area contributed by atoms with Gasteiger partial charge in [-0.3, -0.25) is 4.79 Å². The van der Waals surface area contributed by atoms with E-state index in [2.05, 4.69) is 17.1 Å². The summed E-state index contributed by atoms with van der Waals surface area (Å²) in [6.45, 7) is 4.20. The highest BCUT2D eigenvalue weighted by atomic mass is 16.2. The number of hydrogen-bond donors (Lipinski definition) is 1. The molecule has 2 saturated heterocycles. The van der Waals surface area contributed by atoms with Crippen molar-refractivity contribution in [3.8, 4) is 0 Å². The number of likely N-dealkylation sites (tertiary alicyclic amines) is 1. The van der Waals surface area contributed by atoms with Crippen LogP contribution in [0.4, 0.5) is 0 Å². The molecule has 0 spiro atoms. The molecule has 92 valence electrons. The van der Waals surface area contributed by atoms with E-state index in [0.29, 0.717) is 11.9 Å². The van der Waals surface area contributed by atoms with Crippen LogP contribution in [0.5, 0.6) is 0 Å². The molecule has 1 amide bonds. The average Bonchev–Trinajstić information content (AvgIpc) is 2.39. The summed E-state index contributed by atoms with van der Waals surface area (Å²) in [5.74, 6) is 0.367. The standard InChI is InChI=1S/C13H24N2O/c1-2-11-7-4-6-10-15(11)13(16)12-8-3-5-9-14-12/h11-12,14H,2-10H2,1H3. The lowest BCUT2D eigenvalue weighted by molar-refractivity contribution is -0.137. The lowest BCUT2D eigenvalue weighted by Gasteiger charge is -2.38. The van der Waals surface area contributed by atoms with Gasteiger partial charge in [0, 0.05) is 12.6 Å². The highest BCUT2D eigenvalue weighted by Gasteiger charge is 2.30. The molecule has 0 aromatic heterocycles. The molecule has 0 aromatic carbocycles. The Morgan fingerprint density at radius 2 is 2.06 bits per heavy atom. The summed E-state index contributed by atoms with van der Waals surface area (Å²) >= 11 is 0. The number of nitrogens with zero attached hydrogens (tertiary/aromatic N) is 1. The van der Waals surface area contributed by atoms with Crippen molar-refractivity contribution in [2.24, 2.45) is 0 Å². The first-order chi connectivity index (χ1) is 7.83. The highest BCUT2D eigenvalue weighted by Crippen LogP contribution is 2.21. The first kappa shape index (κ1) is 11.9. The van der Waals surface area contributed by atoms with Gasteiger partial charge in [0.2, 0.25) is 5.91 Å². The molecule has 3 nitrogen and oxygen atoms in total. The van der Waals surface area contributed by atoms with Crippen molar-refractivity contribution in [2.45, 2.75) is 64.0 Å². The molecule has 2 unspecified atom stereocenters. The fraction of sp³-hybridized carbons (Fsp3) is 0.923. The largest absolute Gasteiger partial charge is 0.338 e. The highest BCUT2D eigenvalue weighted by molar-refractivity contribution is 5.82. The van der Waals surface area contributed by atoms with Crippen LogP contribution in [0.1, 0.15) is 51.9 Å². The van der Waals surface area contributed by atoms with Crippen LogP contribution in [0.25, 0.3) is 0 Å². The number of carbonyl (C=O) groups is 1. The maximum Gasteiger partial charge on any atom is 0.239 e. The zero-order valence-electron chi connectivity index (χ0n) is 10.4. The Balaban J connectivity index is 1.95. The van der Waals surface area contributed by atoms with E-state index in [0.717, 1.165) is 25.9 Å². The van der Waals surface area contributed by atoms with Gasteiger partial charge in [-0.2, -0.15) is 0 Å². The first-order valence-corrected chi connectivity index (χ1v) is 6.86. The zero-order valence-corrected chi connectivity index (χ0v) is 10.4. The zero-order chi connectivity index (χ0) is 11.4. The van der Waals surface area contributed by atoms with Crippen LogP contribution in [0.2, 0.25) is 0 Å². The summed E-state index contributed by atoms with van der Waals surface area (Å²) in [4.78, 5) is 14.5. The molecule has 2 heterocycles. The minimum Gasteiger partial charge on any atom is -0.338 e. The Morgan fingerprint density at radius 1 is 1.25 bits per heavy atom. The van der Waals surface area contributed by atoms with Crippen molar-refractivity contribution in [1.82, 2.24) is 10.2 Å². The monoisotopic (exact) mass is 224 g/mol. The van der Waals surface area contributed by atoms with Crippen molar-refractivity contribution < 1.29 is 4.79 Å². The van der Waals surface area contributed by atoms with Gasteiger partial charge >= 0.3 is 0 Å². The lowest BCUT2D eigenvalue weighted by Crippen LogP contribution is -2.53. The van der Waals surface area contributed by atoms with Crippen molar-refractivity contribution >= 4 is 5.91 Å². The topological polar surface area (TPSA) is 32.3 Å². The van der Waals surface area contributed by atoms with Gasteiger partial charge in [0.1, 0.15) is 0 Å². The smallest absolute Gasteiger partial charge is 0.239 e. The summed E-state index contributed by atoms with van der Waals surface area (Å²) in [6, 6.07) is 0.617. The molecule has 16 heavy (non-hydrogen) atoms. The Kier molecular flexibility index (Phi) is 4.22. The van der Waals surface area contributed by atoms with E-state index in [-0.39, 0.29) is 6.04 Å². The van der Waals surface area contributed by atoms with Crippen molar-refractivity contribution in [1.29, 1.82) is 0 Å². The third-order valence-corrected chi connectivity index (χ3v) is 3.99. The van der Waals surface area contributed by atoms with Gasteiger partial charge in [0.25, 0.3) is 0 Å². The van der Waals surface area contributed by atoms with Crippen LogP contribution in [0, 0.1) is 0 Å². The number of carbonyl (C=O) groups excluding carboxylic acids is 1. The van der Waals surface area contributed by atoms with Crippen molar-refractivity contribution in [3.63, 3.8) is 0 Å². The van der Waals surface area contributed by atoms with Crippen molar-refractivity contribution in [3.05, 3.63) is 0 Å². The summed E-state index contributed by atoms with van der Waals surface area (Å²) in [5.41, 5.74) is 0. The van der Waals surface area contributed by atoms with Crippen LogP contribution < -0.4 is 5.32 Å². The minimum absolute atomic E-state index is 0.112. The molecule has 2 rings (SSSR count). The van der Waals surface area contributed by atoms with E-state index in [4.69, 9.17) is 0 Å². The Hall–Kier alpha value is -0.570. The molecule has 0 saturated carbocycles. The van der Waals surface area contributed by atoms with E-state index in [9.17, 15) is 4.79 Å². The second kappa shape index (κ2) is 5.67. The minimum atomic E-state index is 0.112. The molecule has 0 radical (unpaired) electrons. The van der Waals surface area contributed by atoms with Gasteiger partial charge in [-0.25, -0.2) is 0 Å². The van der Waals surface area contributed by atoms with Crippen LogP contribution in [-0.2, 0) is 4.79 Å². The maximum atomic E-state index is 12.4. The third kappa shape index (κ3) is 2.57. The Bertz CT molecular complexity index is 236. The molecule has 2 atom stereocenters. The number of amides is 1. The molecule has 1 N–H and O–H groups in total. The van der Waals surface area contributed by atoms with E-state index in [1.165, 1.54) is 32.1 Å². The van der Waals surface area contributed by atoms with E-state index in [1.54, 1.807) is 0 Å². The molecule has 2 aliphatic rings. The number of hydrogen-bond acceptors (Lipinski definition) is 2. The van der Waals surface area contributed by atoms with Gasteiger partial charge in [0.15, 0.2) is 0 Å². The van der Waals surface area contributed by atoms with E-state index >= 15 is 0 Å². The fourth-order valence-corrected chi connectivity index (χ4v) is 2.98. The summed E-state index contributed by atoms with van der Waals surface area (Å²) in [6.07, 6.45) is 8.25. The second-order valence-electron chi connectivity index (χ2n) is 5.09. The molecule has 3 heteroatoms. The van der Waals surface area contributed by atoms with Gasteiger partial charge < -0.3 is 10.2 Å². The molecule has 0 aliphatic carbocycles. The fourth-order valence-electron chi connectivity index (χ4n) is 2.98. The SMILES string of the molecule is CCC1CCCCN1C(=O)C1CCCCN1. The molecule has 2 fully saturated rings. The van der Waals surface area contributed by atoms with Gasteiger partial charge in [-0.15, -0.1) is 0 Å². The summed E-state index contributed by atoms with van der Waals surface area (Å²) in [7, 11) is 0. The lowest BCUT2D eigenvalue weighted by atomic mass is 9.97. The van der Waals surface area contributed by atoms with Crippen molar-refractivity contribution in [2.75, 3.05) is 13.1 Å². The van der Waals surface area contributed by atoms with Crippen LogP contribution in [0.3, 0.4) is 0 Å². The predicted molar refractivity (Wildman–Crippen MR) is 65.3 cm³/mol. The van der Waals surface area contributed by atoms with Gasteiger partial charge in [0.05, 0.1) is 6.04 Å². The molecule has 2 aliphatic heterocycles. The van der Waals surface area contributed by atoms with Gasteiger partial charge in [-0.1, -0.05) is 13.3 Å². The molecule has 0 aromatic rings. The number of nitrogens with one attached hydrogen (secondary N) is 1. The van der Waals surface area contributed by atoms with E-state index < -0.39 is 0 Å². The summed E-state index contributed by atoms with van der Waals surface area (Å²) < 4.78 is 0. The molecular weight excluding hydrogens is 200 g/mol. The van der Waals surface area contributed by atoms with Crippen LogP contribution >= 0.6 is 0 Å². The Morgan fingerprint density at radius 3 is 2.75 bits per heavy atom. The second-order valence-corrected chi connectivity index (χ2v) is 5.09. The van der Waals surface area contributed by atoms with Gasteiger partial charge in [-0.05, 0) is 45.1 Å². The molecular formula is C13H24N2O. The normalized spacial score (nSPS) is 31.4. The predicted octanol–water partition coefficient (Wildman–Crippen LogP) is 1.92. The third-order valence-electron chi connectivity index (χ3n) is 3.99. The molecule has 0 bridgehead atoms. The quantitative estimate of drug-likeness (QED) is 0.777. The summed E-state index contributed by atoms with van der Waals surface area (Å²) in [5, 5.41) is 3.37. The Labute approximate surface area is 98.6 Å². The maximum absolute atomic E-state index is 12.4. The number of rotatable bonds is 2. The van der Waals surface area contributed by atoms with Crippen LogP contribution in [0.15, 0.2) is 0 Å².